The number of hydrogen-bond donors (Lipinski definition) is 2. The van der Waals surface area contributed by atoms with Crippen LogP contribution in [0.4, 0.5) is 11.6 Å². The minimum absolute atomic E-state index is 0.609. The fourth-order valence-electron chi connectivity index (χ4n) is 1.89. The van der Waals surface area contributed by atoms with Gasteiger partial charge in [0.1, 0.15) is 17.5 Å². The van der Waals surface area contributed by atoms with Crippen LogP contribution >= 0.6 is 0 Å². The number of anilines is 2. The molecule has 0 aliphatic heterocycles. The first-order chi connectivity index (χ1) is 8.20. The quantitative estimate of drug-likeness (QED) is 0.794. The predicted molar refractivity (Wildman–Crippen MR) is 71.0 cm³/mol. The first-order valence-corrected chi connectivity index (χ1v) is 6.57. The molecule has 3 N–H and O–H groups in total. The van der Waals surface area contributed by atoms with E-state index in [1.165, 1.54) is 19.3 Å². The van der Waals surface area contributed by atoms with Gasteiger partial charge in [-0.1, -0.05) is 19.8 Å². The fourth-order valence-corrected chi connectivity index (χ4v) is 1.89. The van der Waals surface area contributed by atoms with Gasteiger partial charge in [0.2, 0.25) is 0 Å². The highest BCUT2D eigenvalue weighted by Gasteiger charge is 2.20. The Morgan fingerprint density at radius 1 is 1.35 bits per heavy atom. The van der Waals surface area contributed by atoms with Gasteiger partial charge in [0.15, 0.2) is 0 Å². The molecule has 0 amide bonds. The second-order valence-corrected chi connectivity index (χ2v) is 4.91. The van der Waals surface area contributed by atoms with E-state index in [-0.39, 0.29) is 0 Å². The summed E-state index contributed by atoms with van der Waals surface area (Å²) in [5.41, 5.74) is 6.88. The molecule has 0 spiro atoms. The number of nitrogen functional groups attached to an aromatic ring is 1. The first-order valence-electron chi connectivity index (χ1n) is 6.57. The zero-order chi connectivity index (χ0) is 12.3. The molecule has 1 fully saturated rings. The van der Waals surface area contributed by atoms with Crippen LogP contribution in [0.2, 0.25) is 0 Å². The van der Waals surface area contributed by atoms with Crippen LogP contribution in [0, 0.1) is 12.8 Å². The van der Waals surface area contributed by atoms with Crippen LogP contribution in [0.5, 0.6) is 0 Å². The summed E-state index contributed by atoms with van der Waals surface area (Å²) in [5.74, 6) is 3.32. The minimum Gasteiger partial charge on any atom is -0.383 e. The summed E-state index contributed by atoms with van der Waals surface area (Å²) in [7, 11) is 0. The van der Waals surface area contributed by atoms with Crippen molar-refractivity contribution in [1.82, 2.24) is 9.97 Å². The lowest BCUT2D eigenvalue weighted by Gasteiger charge is -2.11. The Hall–Kier alpha value is -1.32. The fraction of sp³-hybridized carbons (Fsp3) is 0.692. The van der Waals surface area contributed by atoms with Crippen molar-refractivity contribution in [3.8, 4) is 0 Å². The Balaban J connectivity index is 2.01. The molecule has 1 saturated carbocycles. The van der Waals surface area contributed by atoms with E-state index in [1.807, 2.05) is 6.92 Å². The largest absolute Gasteiger partial charge is 0.383 e. The SMILES string of the molecule is CCCc1nc(N)c(C)c(NCCC2CC2)n1. The predicted octanol–water partition coefficient (Wildman–Crippen LogP) is 2.53. The van der Waals surface area contributed by atoms with Gasteiger partial charge in [-0.25, -0.2) is 9.97 Å². The number of hydrogen-bond acceptors (Lipinski definition) is 4. The molecule has 4 heteroatoms. The van der Waals surface area contributed by atoms with Gasteiger partial charge in [0, 0.05) is 18.5 Å². The summed E-state index contributed by atoms with van der Waals surface area (Å²) < 4.78 is 0. The molecule has 4 nitrogen and oxygen atoms in total. The maximum absolute atomic E-state index is 5.90. The highest BCUT2D eigenvalue weighted by molar-refractivity contribution is 5.54. The third-order valence-corrected chi connectivity index (χ3v) is 3.25. The van der Waals surface area contributed by atoms with Gasteiger partial charge in [-0.05, 0) is 25.7 Å². The Morgan fingerprint density at radius 2 is 2.12 bits per heavy atom. The topological polar surface area (TPSA) is 63.8 Å². The summed E-state index contributed by atoms with van der Waals surface area (Å²) in [4.78, 5) is 8.84. The zero-order valence-electron chi connectivity index (χ0n) is 10.8. The van der Waals surface area contributed by atoms with Crippen LogP contribution in [0.1, 0.15) is 44.0 Å². The van der Waals surface area contributed by atoms with Crippen molar-refractivity contribution in [1.29, 1.82) is 0 Å². The molecule has 94 valence electrons. The van der Waals surface area contributed by atoms with E-state index in [4.69, 9.17) is 5.73 Å². The maximum Gasteiger partial charge on any atom is 0.134 e. The second kappa shape index (κ2) is 5.34. The Labute approximate surface area is 103 Å². The number of rotatable bonds is 6. The molecule has 0 radical (unpaired) electrons. The van der Waals surface area contributed by atoms with E-state index in [2.05, 4.69) is 22.2 Å². The van der Waals surface area contributed by atoms with Gasteiger partial charge < -0.3 is 11.1 Å². The zero-order valence-corrected chi connectivity index (χ0v) is 10.8. The molecular weight excluding hydrogens is 212 g/mol. The van der Waals surface area contributed by atoms with Crippen molar-refractivity contribution < 1.29 is 0 Å². The molecule has 1 aliphatic rings. The average molecular weight is 234 g/mol. The van der Waals surface area contributed by atoms with Gasteiger partial charge in [-0.15, -0.1) is 0 Å². The van der Waals surface area contributed by atoms with E-state index >= 15 is 0 Å². The molecule has 0 unspecified atom stereocenters. The molecule has 0 bridgehead atoms. The molecule has 17 heavy (non-hydrogen) atoms. The van der Waals surface area contributed by atoms with E-state index in [9.17, 15) is 0 Å². The maximum atomic E-state index is 5.90. The number of nitrogens with zero attached hydrogens (tertiary/aromatic N) is 2. The first kappa shape index (κ1) is 12.1. The molecule has 1 aliphatic carbocycles. The highest BCUT2D eigenvalue weighted by Crippen LogP contribution is 2.32. The Morgan fingerprint density at radius 3 is 2.76 bits per heavy atom. The van der Waals surface area contributed by atoms with Crippen molar-refractivity contribution >= 4 is 11.6 Å². The monoisotopic (exact) mass is 234 g/mol. The summed E-state index contributed by atoms with van der Waals surface area (Å²) in [5, 5.41) is 3.39. The molecule has 1 aromatic rings. The van der Waals surface area contributed by atoms with Gasteiger partial charge in [-0.2, -0.15) is 0 Å². The highest BCUT2D eigenvalue weighted by atomic mass is 15.1. The van der Waals surface area contributed by atoms with Crippen LogP contribution in [-0.4, -0.2) is 16.5 Å². The second-order valence-electron chi connectivity index (χ2n) is 4.91. The van der Waals surface area contributed by atoms with Crippen LogP contribution in [0.15, 0.2) is 0 Å². The van der Waals surface area contributed by atoms with E-state index < -0.39 is 0 Å². The summed E-state index contributed by atoms with van der Waals surface area (Å²) in [6.07, 6.45) is 5.97. The van der Waals surface area contributed by atoms with Gasteiger partial charge in [0.05, 0.1) is 0 Å². The van der Waals surface area contributed by atoms with Crippen molar-refractivity contribution in [3.05, 3.63) is 11.4 Å². The average Bonchev–Trinajstić information content (AvgIpc) is 3.09. The molecular formula is C13H22N4. The molecule has 0 aromatic carbocycles. The third-order valence-electron chi connectivity index (χ3n) is 3.25. The van der Waals surface area contributed by atoms with Crippen molar-refractivity contribution in [2.24, 2.45) is 5.92 Å². The lowest BCUT2D eigenvalue weighted by Crippen LogP contribution is -2.11. The minimum atomic E-state index is 0.609. The number of aromatic nitrogens is 2. The third kappa shape index (κ3) is 3.32. The Kier molecular flexibility index (Phi) is 3.82. The van der Waals surface area contributed by atoms with Crippen LogP contribution in [-0.2, 0) is 6.42 Å². The summed E-state index contributed by atoms with van der Waals surface area (Å²) in [6, 6.07) is 0. The van der Waals surface area contributed by atoms with Crippen molar-refractivity contribution in [2.75, 3.05) is 17.6 Å². The summed E-state index contributed by atoms with van der Waals surface area (Å²) in [6.45, 7) is 5.09. The molecule has 1 heterocycles. The standard InChI is InChI=1S/C13H22N4/c1-3-4-11-16-12(14)9(2)13(17-11)15-8-7-10-5-6-10/h10H,3-8H2,1-2H3,(H3,14,15,16,17). The van der Waals surface area contributed by atoms with E-state index in [0.29, 0.717) is 5.82 Å². The van der Waals surface area contributed by atoms with Gasteiger partial charge in [0.25, 0.3) is 0 Å². The van der Waals surface area contributed by atoms with E-state index in [1.54, 1.807) is 0 Å². The Bertz CT molecular complexity index is 385. The normalized spacial score (nSPS) is 14.9. The lowest BCUT2D eigenvalue weighted by molar-refractivity contribution is 0.754. The molecule has 2 rings (SSSR count). The molecule has 0 saturated heterocycles. The number of nitrogens with two attached hydrogens (primary N) is 1. The number of nitrogens with one attached hydrogen (secondary N) is 1. The van der Waals surface area contributed by atoms with Crippen molar-refractivity contribution in [2.45, 2.75) is 46.0 Å². The van der Waals surface area contributed by atoms with Crippen LogP contribution in [0.25, 0.3) is 0 Å². The summed E-state index contributed by atoms with van der Waals surface area (Å²) >= 11 is 0. The number of aryl methyl sites for hydroxylation is 1. The smallest absolute Gasteiger partial charge is 0.134 e. The van der Waals surface area contributed by atoms with Crippen LogP contribution in [0.3, 0.4) is 0 Å². The van der Waals surface area contributed by atoms with Gasteiger partial charge >= 0.3 is 0 Å². The lowest BCUT2D eigenvalue weighted by atomic mass is 10.2. The van der Waals surface area contributed by atoms with E-state index in [0.717, 1.165) is 42.5 Å². The molecule has 0 atom stereocenters. The van der Waals surface area contributed by atoms with Crippen molar-refractivity contribution in [3.63, 3.8) is 0 Å². The molecule has 1 aromatic heterocycles. The van der Waals surface area contributed by atoms with Gasteiger partial charge in [-0.3, -0.25) is 0 Å². The van der Waals surface area contributed by atoms with Crippen LogP contribution < -0.4 is 11.1 Å².